The zero-order valence-corrected chi connectivity index (χ0v) is 18.7. The molecule has 3 heterocycles. The van der Waals surface area contributed by atoms with E-state index in [0.717, 1.165) is 35.5 Å². The van der Waals surface area contributed by atoms with E-state index in [9.17, 15) is 4.79 Å². The number of piperazine rings is 1. The standard InChI is InChI=1S/C22H29ClN6O2/c1-13-12-28(6-7-29(13)20(30)5-8-31-2)22-17(24)11-16(21(27-22)14-3-4-14)15-9-18(23)26-19(25)10-15/h9-11,13-14H,3-8,12,24H2,1-2H3,(H2,25,26)/t13-/m1/s1. The number of nitrogens with zero attached hydrogens (tertiary/aromatic N) is 4. The normalized spacial score (nSPS) is 19.0. The molecule has 0 spiro atoms. The van der Waals surface area contributed by atoms with Gasteiger partial charge in [0.1, 0.15) is 11.0 Å². The molecule has 1 amide bonds. The Labute approximate surface area is 187 Å². The number of rotatable bonds is 6. The number of nitrogens with two attached hydrogens (primary N) is 2. The number of pyridine rings is 2. The third-order valence-corrected chi connectivity index (χ3v) is 6.11. The van der Waals surface area contributed by atoms with Gasteiger partial charge in [0.15, 0.2) is 5.82 Å². The van der Waals surface area contributed by atoms with Crippen molar-refractivity contribution in [3.8, 4) is 11.1 Å². The average Bonchev–Trinajstić information content (AvgIpc) is 3.56. The monoisotopic (exact) mass is 444 g/mol. The number of methoxy groups -OCH3 is 1. The first-order valence-corrected chi connectivity index (χ1v) is 11.0. The van der Waals surface area contributed by atoms with Crippen molar-refractivity contribution in [2.24, 2.45) is 0 Å². The number of aromatic nitrogens is 2. The topological polar surface area (TPSA) is 111 Å². The molecule has 1 aliphatic heterocycles. The first-order valence-electron chi connectivity index (χ1n) is 10.6. The van der Waals surface area contributed by atoms with Crippen LogP contribution in [0, 0.1) is 0 Å². The quantitative estimate of drug-likeness (QED) is 0.659. The second kappa shape index (κ2) is 8.88. The molecule has 166 valence electrons. The van der Waals surface area contributed by atoms with Gasteiger partial charge in [-0.3, -0.25) is 4.79 Å². The van der Waals surface area contributed by atoms with E-state index in [2.05, 4.69) is 16.8 Å². The minimum Gasteiger partial charge on any atom is -0.396 e. The lowest BCUT2D eigenvalue weighted by Crippen LogP contribution is -2.54. The number of hydrogen-bond donors (Lipinski definition) is 2. The Balaban J connectivity index is 1.60. The van der Waals surface area contributed by atoms with Crippen LogP contribution in [0.3, 0.4) is 0 Å². The minimum atomic E-state index is 0.0714. The molecule has 4 rings (SSSR count). The fourth-order valence-corrected chi connectivity index (χ4v) is 4.43. The fourth-order valence-electron chi connectivity index (χ4n) is 4.21. The maximum atomic E-state index is 12.4. The van der Waals surface area contributed by atoms with Crippen LogP contribution in [0.5, 0.6) is 0 Å². The molecule has 2 aromatic rings. The molecule has 0 bridgehead atoms. The van der Waals surface area contributed by atoms with Crippen LogP contribution in [0.4, 0.5) is 17.3 Å². The number of halogens is 1. The second-order valence-corrected chi connectivity index (χ2v) is 8.72. The molecule has 8 nitrogen and oxygen atoms in total. The Morgan fingerprint density at radius 2 is 2.00 bits per heavy atom. The number of carbonyl (C=O) groups excluding carboxylic acids is 1. The van der Waals surface area contributed by atoms with Crippen LogP contribution in [0.25, 0.3) is 11.1 Å². The average molecular weight is 445 g/mol. The van der Waals surface area contributed by atoms with Gasteiger partial charge in [-0.1, -0.05) is 11.6 Å². The molecule has 2 aliphatic rings. The van der Waals surface area contributed by atoms with Gasteiger partial charge in [-0.05, 0) is 43.5 Å². The van der Waals surface area contributed by atoms with Gasteiger partial charge >= 0.3 is 0 Å². The van der Waals surface area contributed by atoms with E-state index in [1.165, 1.54) is 0 Å². The third-order valence-electron chi connectivity index (χ3n) is 5.92. The van der Waals surface area contributed by atoms with E-state index < -0.39 is 0 Å². The Hall–Kier alpha value is -2.58. The van der Waals surface area contributed by atoms with Crippen LogP contribution < -0.4 is 16.4 Å². The molecule has 1 saturated heterocycles. The van der Waals surface area contributed by atoms with Gasteiger partial charge < -0.3 is 26.0 Å². The van der Waals surface area contributed by atoms with Crippen molar-refractivity contribution in [1.29, 1.82) is 0 Å². The van der Waals surface area contributed by atoms with Crippen molar-refractivity contribution in [2.45, 2.75) is 38.1 Å². The van der Waals surface area contributed by atoms with E-state index in [4.69, 9.17) is 32.8 Å². The van der Waals surface area contributed by atoms with E-state index in [-0.39, 0.29) is 11.9 Å². The first-order chi connectivity index (χ1) is 14.9. The molecule has 0 unspecified atom stereocenters. The molecule has 4 N–H and O–H groups in total. The van der Waals surface area contributed by atoms with Gasteiger partial charge in [0, 0.05) is 44.3 Å². The summed E-state index contributed by atoms with van der Waals surface area (Å²) in [4.78, 5) is 25.6. The fraction of sp³-hybridized carbons (Fsp3) is 0.500. The highest BCUT2D eigenvalue weighted by Gasteiger charge is 2.32. The van der Waals surface area contributed by atoms with Crippen molar-refractivity contribution in [3.63, 3.8) is 0 Å². The van der Waals surface area contributed by atoms with Crippen LogP contribution >= 0.6 is 11.6 Å². The lowest BCUT2D eigenvalue weighted by molar-refractivity contribution is -0.134. The molecule has 31 heavy (non-hydrogen) atoms. The molecule has 9 heteroatoms. The third kappa shape index (κ3) is 4.70. The van der Waals surface area contributed by atoms with Crippen LogP contribution in [0.2, 0.25) is 5.15 Å². The summed E-state index contributed by atoms with van der Waals surface area (Å²) in [6.45, 7) is 4.52. The van der Waals surface area contributed by atoms with Crippen LogP contribution in [-0.4, -0.2) is 60.2 Å². The Morgan fingerprint density at radius 3 is 2.65 bits per heavy atom. The van der Waals surface area contributed by atoms with Crippen molar-refractivity contribution in [2.75, 3.05) is 49.7 Å². The smallest absolute Gasteiger partial charge is 0.225 e. The highest BCUT2D eigenvalue weighted by molar-refractivity contribution is 6.29. The van der Waals surface area contributed by atoms with Gasteiger partial charge in [0.05, 0.1) is 24.4 Å². The molecule has 0 radical (unpaired) electrons. The molecule has 1 atom stereocenters. The largest absolute Gasteiger partial charge is 0.396 e. The molecule has 1 saturated carbocycles. The summed E-state index contributed by atoms with van der Waals surface area (Å²) in [7, 11) is 1.61. The summed E-state index contributed by atoms with van der Waals surface area (Å²) < 4.78 is 5.04. The van der Waals surface area contributed by atoms with Gasteiger partial charge in [-0.2, -0.15) is 0 Å². The van der Waals surface area contributed by atoms with Gasteiger partial charge in [-0.25, -0.2) is 9.97 Å². The zero-order chi connectivity index (χ0) is 22.1. The lowest BCUT2D eigenvalue weighted by atomic mass is 10.0. The van der Waals surface area contributed by atoms with Crippen molar-refractivity contribution >= 4 is 34.8 Å². The number of hydrogen-bond acceptors (Lipinski definition) is 7. The van der Waals surface area contributed by atoms with Crippen LogP contribution in [-0.2, 0) is 9.53 Å². The number of ether oxygens (including phenoxy) is 1. The molecule has 2 fully saturated rings. The first kappa shape index (κ1) is 21.6. The van der Waals surface area contributed by atoms with E-state index in [1.807, 2.05) is 11.0 Å². The van der Waals surface area contributed by atoms with Gasteiger partial charge in [-0.15, -0.1) is 0 Å². The van der Waals surface area contributed by atoms with Gasteiger partial charge in [0.25, 0.3) is 0 Å². The summed E-state index contributed by atoms with van der Waals surface area (Å²) in [5.41, 5.74) is 15.9. The molecule has 2 aromatic heterocycles. The van der Waals surface area contributed by atoms with Gasteiger partial charge in [0.2, 0.25) is 5.91 Å². The Morgan fingerprint density at radius 1 is 1.23 bits per heavy atom. The summed E-state index contributed by atoms with van der Waals surface area (Å²) in [5.74, 6) is 1.69. The highest BCUT2D eigenvalue weighted by atomic mass is 35.5. The zero-order valence-electron chi connectivity index (χ0n) is 18.0. The minimum absolute atomic E-state index is 0.0714. The molecular weight excluding hydrogens is 416 g/mol. The summed E-state index contributed by atoms with van der Waals surface area (Å²) >= 11 is 6.14. The molecule has 1 aliphatic carbocycles. The maximum Gasteiger partial charge on any atom is 0.225 e. The number of anilines is 3. The molecule has 0 aromatic carbocycles. The lowest BCUT2D eigenvalue weighted by Gasteiger charge is -2.41. The van der Waals surface area contributed by atoms with Crippen molar-refractivity contribution < 1.29 is 9.53 Å². The Kier molecular flexibility index (Phi) is 6.20. The summed E-state index contributed by atoms with van der Waals surface area (Å²) in [6, 6.07) is 5.65. The summed E-state index contributed by atoms with van der Waals surface area (Å²) in [5, 5.41) is 0.350. The molecular formula is C22H29ClN6O2. The van der Waals surface area contributed by atoms with E-state index >= 15 is 0 Å². The predicted molar refractivity (Wildman–Crippen MR) is 123 cm³/mol. The summed E-state index contributed by atoms with van der Waals surface area (Å²) in [6.07, 6.45) is 2.62. The Bertz CT molecular complexity index is 960. The van der Waals surface area contributed by atoms with E-state index in [1.54, 1.807) is 19.2 Å². The van der Waals surface area contributed by atoms with Crippen molar-refractivity contribution in [1.82, 2.24) is 14.9 Å². The SMILES string of the molecule is COCCC(=O)N1CCN(c2nc(C3CC3)c(-c3cc(N)nc(Cl)c3)cc2N)C[C@H]1C. The van der Waals surface area contributed by atoms with E-state index in [0.29, 0.717) is 55.2 Å². The second-order valence-electron chi connectivity index (χ2n) is 8.34. The predicted octanol–water partition coefficient (Wildman–Crippen LogP) is 2.91. The van der Waals surface area contributed by atoms with Crippen LogP contribution in [0.15, 0.2) is 18.2 Å². The number of nitrogen functional groups attached to an aromatic ring is 2. The van der Waals surface area contributed by atoms with Crippen molar-refractivity contribution in [3.05, 3.63) is 29.0 Å². The highest BCUT2D eigenvalue weighted by Crippen LogP contribution is 2.45. The number of carbonyl (C=O) groups is 1. The number of amides is 1. The maximum absolute atomic E-state index is 12.4. The van der Waals surface area contributed by atoms with Crippen LogP contribution in [0.1, 0.15) is 37.8 Å².